The fourth-order valence-electron chi connectivity index (χ4n) is 3.01. The Hall–Kier alpha value is -2.33. The van der Waals surface area contributed by atoms with Crippen LogP contribution in [0.25, 0.3) is 0 Å². The molecule has 2 aromatic rings. The van der Waals surface area contributed by atoms with Crippen LogP contribution >= 0.6 is 11.6 Å². The minimum atomic E-state index is -1.50. The highest BCUT2D eigenvalue weighted by atomic mass is 35.5. The molecule has 1 atom stereocenters. The van der Waals surface area contributed by atoms with Gasteiger partial charge in [0.2, 0.25) is 0 Å². The molecule has 0 aliphatic carbocycles. The van der Waals surface area contributed by atoms with Crippen LogP contribution in [0.1, 0.15) is 30.3 Å². The Bertz CT molecular complexity index is 816. The second-order valence-electron chi connectivity index (χ2n) is 5.87. The SMILES string of the molecule is N#Cc1cnc(N2CCC([C@@H](F)c3ccc(F)cc3F)CC2)c(Cl)n1. The minimum absolute atomic E-state index is 0.115. The molecule has 0 unspecified atom stereocenters. The lowest BCUT2D eigenvalue weighted by Crippen LogP contribution is -2.36. The lowest BCUT2D eigenvalue weighted by molar-refractivity contribution is 0.193. The van der Waals surface area contributed by atoms with Crippen molar-refractivity contribution < 1.29 is 13.2 Å². The quantitative estimate of drug-likeness (QED) is 0.816. The third kappa shape index (κ3) is 3.69. The summed E-state index contributed by atoms with van der Waals surface area (Å²) >= 11 is 6.05. The molecule has 0 saturated carbocycles. The van der Waals surface area contributed by atoms with Gasteiger partial charge in [0.15, 0.2) is 16.7 Å². The van der Waals surface area contributed by atoms with E-state index in [0.717, 1.165) is 12.1 Å². The van der Waals surface area contributed by atoms with Gasteiger partial charge in [-0.25, -0.2) is 23.1 Å². The molecule has 130 valence electrons. The summed E-state index contributed by atoms with van der Waals surface area (Å²) in [7, 11) is 0. The lowest BCUT2D eigenvalue weighted by Gasteiger charge is -2.34. The zero-order valence-corrected chi connectivity index (χ0v) is 13.8. The lowest BCUT2D eigenvalue weighted by atomic mass is 9.88. The maximum atomic E-state index is 14.6. The zero-order chi connectivity index (χ0) is 18.0. The number of halogens is 4. The van der Waals surface area contributed by atoms with Gasteiger partial charge in [-0.2, -0.15) is 5.26 Å². The van der Waals surface area contributed by atoms with Crippen LogP contribution in [-0.2, 0) is 0 Å². The zero-order valence-electron chi connectivity index (χ0n) is 13.1. The molecule has 25 heavy (non-hydrogen) atoms. The van der Waals surface area contributed by atoms with Crippen molar-refractivity contribution in [1.29, 1.82) is 5.26 Å². The number of benzene rings is 1. The standard InChI is InChI=1S/C17H14ClF3N4/c18-16-17(23-9-12(8-22)24-16)25-5-3-10(4-6-25)15(21)13-2-1-11(19)7-14(13)20/h1-2,7,9-10,15H,3-6H2/t15-/m1/s1. The third-order valence-corrected chi connectivity index (χ3v) is 4.59. The number of alkyl halides is 1. The smallest absolute Gasteiger partial charge is 0.173 e. The van der Waals surface area contributed by atoms with Gasteiger partial charge in [0.05, 0.1) is 6.20 Å². The molecule has 1 aromatic heterocycles. The summed E-state index contributed by atoms with van der Waals surface area (Å²) in [5.74, 6) is -1.52. The van der Waals surface area contributed by atoms with E-state index in [4.69, 9.17) is 16.9 Å². The van der Waals surface area contributed by atoms with E-state index in [1.807, 2.05) is 11.0 Å². The summed E-state index contributed by atoms with van der Waals surface area (Å²) in [6.45, 7) is 0.961. The molecule has 1 fully saturated rings. The van der Waals surface area contributed by atoms with Crippen LogP contribution in [0.3, 0.4) is 0 Å². The van der Waals surface area contributed by atoms with Crippen LogP contribution in [0.4, 0.5) is 19.0 Å². The first kappa shape index (κ1) is 17.5. The first-order chi connectivity index (χ1) is 12.0. The van der Waals surface area contributed by atoms with Crippen molar-refractivity contribution in [2.45, 2.75) is 19.0 Å². The van der Waals surface area contributed by atoms with Gasteiger partial charge in [0, 0.05) is 24.7 Å². The van der Waals surface area contributed by atoms with Crippen LogP contribution in [-0.4, -0.2) is 23.1 Å². The second-order valence-corrected chi connectivity index (χ2v) is 6.23. The molecule has 8 heteroatoms. The van der Waals surface area contributed by atoms with Crippen molar-refractivity contribution in [3.05, 3.63) is 52.4 Å². The fraction of sp³-hybridized carbons (Fsp3) is 0.353. The number of rotatable bonds is 3. The number of nitrogens with zero attached hydrogens (tertiary/aromatic N) is 4. The molecule has 3 rings (SSSR count). The van der Waals surface area contributed by atoms with Gasteiger partial charge in [-0.15, -0.1) is 0 Å². The van der Waals surface area contributed by atoms with Crippen molar-refractivity contribution in [1.82, 2.24) is 9.97 Å². The molecule has 0 bridgehead atoms. The number of nitriles is 1. The van der Waals surface area contributed by atoms with E-state index in [9.17, 15) is 13.2 Å². The topological polar surface area (TPSA) is 52.8 Å². The molecule has 1 aromatic carbocycles. The Morgan fingerprint density at radius 2 is 2.00 bits per heavy atom. The van der Waals surface area contributed by atoms with Crippen molar-refractivity contribution in [3.8, 4) is 6.07 Å². The fourth-order valence-corrected chi connectivity index (χ4v) is 3.27. The highest BCUT2D eigenvalue weighted by Gasteiger charge is 2.30. The Morgan fingerprint density at radius 3 is 2.60 bits per heavy atom. The average molecular weight is 367 g/mol. The van der Waals surface area contributed by atoms with Crippen molar-refractivity contribution in [2.75, 3.05) is 18.0 Å². The van der Waals surface area contributed by atoms with Gasteiger partial charge in [-0.05, 0) is 24.8 Å². The highest BCUT2D eigenvalue weighted by molar-refractivity contribution is 6.31. The third-order valence-electron chi connectivity index (χ3n) is 4.34. The molecule has 0 spiro atoms. The second kappa shape index (κ2) is 7.28. The van der Waals surface area contributed by atoms with Crippen molar-refractivity contribution in [3.63, 3.8) is 0 Å². The summed E-state index contributed by atoms with van der Waals surface area (Å²) in [6.07, 6.45) is 0.774. The normalized spacial score (nSPS) is 16.5. The highest BCUT2D eigenvalue weighted by Crippen LogP contribution is 2.36. The summed E-state index contributed by atoms with van der Waals surface area (Å²) in [5, 5.41) is 8.91. The molecular formula is C17H14ClF3N4. The van der Waals surface area contributed by atoms with Gasteiger partial charge in [0.1, 0.15) is 23.9 Å². The van der Waals surface area contributed by atoms with E-state index in [1.165, 1.54) is 6.20 Å². The van der Waals surface area contributed by atoms with Gasteiger partial charge in [0.25, 0.3) is 0 Å². The summed E-state index contributed by atoms with van der Waals surface area (Å²) < 4.78 is 41.4. The number of hydrogen-bond acceptors (Lipinski definition) is 4. The maximum Gasteiger partial charge on any atom is 0.173 e. The summed E-state index contributed by atoms with van der Waals surface area (Å²) in [4.78, 5) is 9.93. The number of hydrogen-bond donors (Lipinski definition) is 0. The van der Waals surface area contributed by atoms with E-state index in [1.54, 1.807) is 0 Å². The Balaban J connectivity index is 1.68. The predicted octanol–water partition coefficient (Wildman–Crippen LogP) is 4.21. The Labute approximate surface area is 147 Å². The van der Waals surface area contributed by atoms with Crippen LogP contribution in [0, 0.1) is 28.9 Å². The van der Waals surface area contributed by atoms with E-state index in [-0.39, 0.29) is 22.3 Å². The molecule has 1 saturated heterocycles. The summed E-state index contributed by atoms with van der Waals surface area (Å²) in [6, 6.07) is 4.78. The van der Waals surface area contributed by atoms with Crippen LogP contribution in [0.2, 0.25) is 5.15 Å². The Kier molecular flexibility index (Phi) is 5.09. The monoisotopic (exact) mass is 366 g/mol. The van der Waals surface area contributed by atoms with E-state index >= 15 is 0 Å². The van der Waals surface area contributed by atoms with Crippen LogP contribution in [0.15, 0.2) is 24.4 Å². The molecule has 1 aliphatic heterocycles. The molecule has 4 nitrogen and oxygen atoms in total. The van der Waals surface area contributed by atoms with E-state index in [2.05, 4.69) is 9.97 Å². The molecule has 0 radical (unpaired) electrons. The first-order valence-electron chi connectivity index (χ1n) is 7.76. The number of piperidine rings is 1. The van der Waals surface area contributed by atoms with Gasteiger partial charge in [-0.3, -0.25) is 0 Å². The van der Waals surface area contributed by atoms with Crippen molar-refractivity contribution in [2.24, 2.45) is 5.92 Å². The molecule has 0 N–H and O–H groups in total. The first-order valence-corrected chi connectivity index (χ1v) is 8.14. The average Bonchev–Trinajstić information content (AvgIpc) is 2.61. The van der Waals surface area contributed by atoms with E-state index < -0.39 is 17.8 Å². The van der Waals surface area contributed by atoms with Crippen LogP contribution in [0.5, 0.6) is 0 Å². The number of anilines is 1. The summed E-state index contributed by atoms with van der Waals surface area (Å²) in [5.41, 5.74) is 0.00953. The minimum Gasteiger partial charge on any atom is -0.354 e. The maximum absolute atomic E-state index is 14.6. The molecule has 1 aliphatic rings. The molecule has 2 heterocycles. The van der Waals surface area contributed by atoms with E-state index in [0.29, 0.717) is 37.8 Å². The largest absolute Gasteiger partial charge is 0.354 e. The van der Waals surface area contributed by atoms with Gasteiger partial charge in [-0.1, -0.05) is 17.7 Å². The van der Waals surface area contributed by atoms with Gasteiger partial charge >= 0.3 is 0 Å². The predicted molar refractivity (Wildman–Crippen MR) is 86.9 cm³/mol. The molecule has 0 amide bonds. The Morgan fingerprint density at radius 1 is 1.28 bits per heavy atom. The van der Waals surface area contributed by atoms with Crippen LogP contribution < -0.4 is 4.90 Å². The van der Waals surface area contributed by atoms with Gasteiger partial charge < -0.3 is 4.90 Å². The number of aromatic nitrogens is 2. The van der Waals surface area contributed by atoms with Crippen molar-refractivity contribution >= 4 is 17.4 Å². The molecular weight excluding hydrogens is 353 g/mol.